The number of methoxy groups -OCH3 is 2. The first-order valence-electron chi connectivity index (χ1n) is 7.10. The highest BCUT2D eigenvalue weighted by Crippen LogP contribution is 2.38. The zero-order chi connectivity index (χ0) is 14.5. The molecule has 1 aliphatic carbocycles. The zero-order valence-electron chi connectivity index (χ0n) is 12.4. The Hall–Kier alpha value is -1.40. The molecule has 1 aromatic heterocycles. The third-order valence-corrected chi connectivity index (χ3v) is 4.15. The molecule has 0 radical (unpaired) electrons. The van der Waals surface area contributed by atoms with Crippen LogP contribution in [0.5, 0.6) is 11.8 Å². The van der Waals surface area contributed by atoms with Crippen molar-refractivity contribution in [2.45, 2.75) is 38.6 Å². The van der Waals surface area contributed by atoms with Crippen LogP contribution in [0, 0.1) is 11.8 Å². The topological polar surface area (TPSA) is 82.3 Å². The van der Waals surface area contributed by atoms with Crippen molar-refractivity contribution in [2.24, 2.45) is 17.7 Å². The second kappa shape index (κ2) is 6.85. The molecular formula is C14H24N4O2. The van der Waals surface area contributed by atoms with Crippen LogP contribution in [0.4, 0.5) is 0 Å². The lowest BCUT2D eigenvalue weighted by atomic mass is 9.78. The number of nitrogens with one attached hydrogen (secondary N) is 1. The number of rotatable bonds is 5. The van der Waals surface area contributed by atoms with Gasteiger partial charge in [0, 0.05) is 0 Å². The normalized spacial score (nSPS) is 24.2. The standard InChI is InChI=1S/C14H24N4O2/c1-9-4-6-10(7-5-9)12(18-15)13-14(20-3)17-11(19-2)8-16-13/h8-10,12,18H,4-7,15H2,1-3H3. The van der Waals surface area contributed by atoms with Gasteiger partial charge in [-0.05, 0) is 24.7 Å². The summed E-state index contributed by atoms with van der Waals surface area (Å²) in [5.41, 5.74) is 3.65. The van der Waals surface area contributed by atoms with Gasteiger partial charge in [0.05, 0.1) is 26.5 Å². The first-order valence-corrected chi connectivity index (χ1v) is 7.10. The van der Waals surface area contributed by atoms with Gasteiger partial charge < -0.3 is 9.47 Å². The number of nitrogens with zero attached hydrogens (tertiary/aromatic N) is 2. The summed E-state index contributed by atoms with van der Waals surface area (Å²) in [5.74, 6) is 7.95. The Bertz CT molecular complexity index is 433. The van der Waals surface area contributed by atoms with Crippen molar-refractivity contribution in [3.63, 3.8) is 0 Å². The third kappa shape index (κ3) is 3.19. The molecule has 0 saturated heterocycles. The van der Waals surface area contributed by atoms with Crippen molar-refractivity contribution in [3.8, 4) is 11.8 Å². The Balaban J connectivity index is 2.22. The summed E-state index contributed by atoms with van der Waals surface area (Å²) in [5, 5.41) is 0. The van der Waals surface area contributed by atoms with E-state index in [0.717, 1.165) is 24.5 Å². The fraction of sp³-hybridized carbons (Fsp3) is 0.714. The lowest BCUT2D eigenvalue weighted by Gasteiger charge is -2.32. The van der Waals surface area contributed by atoms with E-state index < -0.39 is 0 Å². The van der Waals surface area contributed by atoms with Crippen LogP contribution in [0.2, 0.25) is 0 Å². The van der Waals surface area contributed by atoms with Gasteiger partial charge in [-0.2, -0.15) is 4.98 Å². The van der Waals surface area contributed by atoms with Crippen LogP contribution < -0.4 is 20.7 Å². The summed E-state index contributed by atoms with van der Waals surface area (Å²) in [6, 6.07) is -0.0316. The quantitative estimate of drug-likeness (QED) is 0.632. The van der Waals surface area contributed by atoms with Crippen LogP contribution in [0.25, 0.3) is 0 Å². The average molecular weight is 280 g/mol. The maximum Gasteiger partial charge on any atom is 0.240 e. The molecule has 3 N–H and O–H groups in total. The van der Waals surface area contributed by atoms with Gasteiger partial charge in [0.15, 0.2) is 0 Å². The Morgan fingerprint density at radius 3 is 2.50 bits per heavy atom. The highest BCUT2D eigenvalue weighted by atomic mass is 16.5. The molecule has 0 aliphatic heterocycles. The van der Waals surface area contributed by atoms with E-state index in [0.29, 0.717) is 17.7 Å². The van der Waals surface area contributed by atoms with Gasteiger partial charge >= 0.3 is 0 Å². The molecule has 20 heavy (non-hydrogen) atoms. The molecule has 0 spiro atoms. The summed E-state index contributed by atoms with van der Waals surface area (Å²) in [6.45, 7) is 2.30. The van der Waals surface area contributed by atoms with Crippen LogP contribution in [0.3, 0.4) is 0 Å². The van der Waals surface area contributed by atoms with Crippen molar-refractivity contribution < 1.29 is 9.47 Å². The van der Waals surface area contributed by atoms with Gasteiger partial charge in [0.1, 0.15) is 5.69 Å². The molecule has 6 heteroatoms. The van der Waals surface area contributed by atoms with E-state index in [-0.39, 0.29) is 6.04 Å². The number of aromatic nitrogens is 2. The van der Waals surface area contributed by atoms with Crippen LogP contribution in [0.1, 0.15) is 44.3 Å². The second-order valence-corrected chi connectivity index (χ2v) is 5.47. The minimum atomic E-state index is -0.0316. The first-order chi connectivity index (χ1) is 9.69. The van der Waals surface area contributed by atoms with E-state index in [1.165, 1.54) is 12.8 Å². The number of hydrogen-bond acceptors (Lipinski definition) is 6. The van der Waals surface area contributed by atoms with E-state index in [1.807, 2.05) is 0 Å². The van der Waals surface area contributed by atoms with Crippen molar-refractivity contribution in [1.29, 1.82) is 0 Å². The highest BCUT2D eigenvalue weighted by Gasteiger charge is 2.30. The fourth-order valence-electron chi connectivity index (χ4n) is 2.89. The summed E-state index contributed by atoms with van der Waals surface area (Å²) >= 11 is 0. The number of nitrogens with two attached hydrogens (primary N) is 1. The smallest absolute Gasteiger partial charge is 0.240 e. The first kappa shape index (κ1) is 15.0. The van der Waals surface area contributed by atoms with E-state index in [9.17, 15) is 0 Å². The fourth-order valence-corrected chi connectivity index (χ4v) is 2.89. The van der Waals surface area contributed by atoms with Crippen LogP contribution >= 0.6 is 0 Å². The summed E-state index contributed by atoms with van der Waals surface area (Å²) in [6.07, 6.45) is 6.36. The molecule has 2 rings (SSSR count). The summed E-state index contributed by atoms with van der Waals surface area (Å²) in [7, 11) is 3.15. The van der Waals surface area contributed by atoms with E-state index in [4.69, 9.17) is 15.3 Å². The SMILES string of the molecule is COc1cnc(C(NN)C2CCC(C)CC2)c(OC)n1. The number of hydrogen-bond donors (Lipinski definition) is 2. The lowest BCUT2D eigenvalue weighted by Crippen LogP contribution is -2.36. The predicted octanol–water partition coefficient (Wildman–Crippen LogP) is 1.82. The van der Waals surface area contributed by atoms with E-state index in [2.05, 4.69) is 22.3 Å². The van der Waals surface area contributed by atoms with E-state index in [1.54, 1.807) is 20.4 Å². The maximum atomic E-state index is 5.76. The molecule has 1 saturated carbocycles. The van der Waals surface area contributed by atoms with Crippen molar-refractivity contribution in [1.82, 2.24) is 15.4 Å². The van der Waals surface area contributed by atoms with Gasteiger partial charge in [0.25, 0.3) is 0 Å². The summed E-state index contributed by atoms with van der Waals surface area (Å²) in [4.78, 5) is 8.72. The average Bonchev–Trinajstić information content (AvgIpc) is 2.50. The molecule has 1 atom stereocenters. The Morgan fingerprint density at radius 2 is 1.95 bits per heavy atom. The van der Waals surface area contributed by atoms with Gasteiger partial charge in [0.2, 0.25) is 11.8 Å². The largest absolute Gasteiger partial charge is 0.480 e. The minimum Gasteiger partial charge on any atom is -0.480 e. The third-order valence-electron chi connectivity index (χ3n) is 4.15. The predicted molar refractivity (Wildman–Crippen MR) is 76.3 cm³/mol. The molecule has 1 fully saturated rings. The van der Waals surface area contributed by atoms with Gasteiger partial charge in [-0.15, -0.1) is 0 Å². The molecule has 0 aromatic carbocycles. The van der Waals surface area contributed by atoms with Gasteiger partial charge in [-0.1, -0.05) is 19.8 Å². The molecule has 1 aliphatic rings. The second-order valence-electron chi connectivity index (χ2n) is 5.47. The molecule has 0 bridgehead atoms. The molecular weight excluding hydrogens is 256 g/mol. The molecule has 0 amide bonds. The van der Waals surface area contributed by atoms with Gasteiger partial charge in [-0.25, -0.2) is 4.98 Å². The van der Waals surface area contributed by atoms with Crippen molar-refractivity contribution in [3.05, 3.63) is 11.9 Å². The number of ether oxygens (including phenoxy) is 2. The Kier molecular flexibility index (Phi) is 5.14. The van der Waals surface area contributed by atoms with Crippen LogP contribution in [-0.4, -0.2) is 24.2 Å². The van der Waals surface area contributed by atoms with Crippen molar-refractivity contribution in [2.75, 3.05) is 14.2 Å². The maximum absolute atomic E-state index is 5.76. The minimum absolute atomic E-state index is 0.0316. The molecule has 1 heterocycles. The van der Waals surface area contributed by atoms with E-state index >= 15 is 0 Å². The lowest BCUT2D eigenvalue weighted by molar-refractivity contribution is 0.224. The molecule has 1 aromatic rings. The molecule has 6 nitrogen and oxygen atoms in total. The Morgan fingerprint density at radius 1 is 1.25 bits per heavy atom. The molecule has 1 unspecified atom stereocenters. The zero-order valence-corrected chi connectivity index (χ0v) is 12.4. The summed E-state index contributed by atoms with van der Waals surface area (Å²) < 4.78 is 10.4. The van der Waals surface area contributed by atoms with Crippen LogP contribution in [0.15, 0.2) is 6.20 Å². The number of hydrazine groups is 1. The highest BCUT2D eigenvalue weighted by molar-refractivity contribution is 5.26. The monoisotopic (exact) mass is 280 g/mol. The molecule has 112 valence electrons. The Labute approximate surface area is 120 Å². The van der Waals surface area contributed by atoms with Crippen LogP contribution in [-0.2, 0) is 0 Å². The van der Waals surface area contributed by atoms with Crippen molar-refractivity contribution >= 4 is 0 Å². The van der Waals surface area contributed by atoms with Gasteiger partial charge in [-0.3, -0.25) is 11.3 Å².